The van der Waals surface area contributed by atoms with E-state index in [-0.39, 0.29) is 18.2 Å². The van der Waals surface area contributed by atoms with E-state index in [0.29, 0.717) is 12.1 Å². The van der Waals surface area contributed by atoms with Gasteiger partial charge >= 0.3 is 0 Å². The molecule has 0 saturated carbocycles. The monoisotopic (exact) mass is 335 g/mol. The number of aryl methyl sites for hydroxylation is 1. The Kier molecular flexibility index (Phi) is 4.84. The lowest BCUT2D eigenvalue weighted by Crippen LogP contribution is -2.17. The van der Waals surface area contributed by atoms with Crippen molar-refractivity contribution in [1.82, 2.24) is 15.0 Å². The van der Waals surface area contributed by atoms with Crippen molar-refractivity contribution in [3.8, 4) is 0 Å². The Morgan fingerprint density at radius 2 is 2.08 bits per heavy atom. The van der Waals surface area contributed by atoms with Gasteiger partial charge in [-0.2, -0.15) is 5.10 Å². The maximum absolute atomic E-state index is 12.0. The molecule has 2 heterocycles. The fourth-order valence-corrected chi connectivity index (χ4v) is 2.52. The molecule has 25 heavy (non-hydrogen) atoms. The van der Waals surface area contributed by atoms with Gasteiger partial charge in [0.15, 0.2) is 0 Å². The van der Waals surface area contributed by atoms with Gasteiger partial charge in [0.05, 0.1) is 11.8 Å². The molecule has 0 aliphatic carbocycles. The van der Waals surface area contributed by atoms with E-state index in [1.807, 2.05) is 35.0 Å². The number of carbonyl (C=O) groups excluding carboxylic acids is 2. The van der Waals surface area contributed by atoms with Crippen LogP contribution in [-0.4, -0.2) is 27.6 Å². The number of hydrogen-bond donors (Lipinski definition) is 2. The van der Waals surface area contributed by atoms with Crippen LogP contribution in [0.5, 0.6) is 0 Å². The van der Waals surface area contributed by atoms with Crippen molar-refractivity contribution in [2.24, 2.45) is 10.8 Å². The van der Waals surface area contributed by atoms with Gasteiger partial charge in [0.2, 0.25) is 5.91 Å². The first-order valence-corrected chi connectivity index (χ1v) is 7.75. The number of pyridine rings is 1. The third-order valence-corrected chi connectivity index (χ3v) is 3.71. The van der Waals surface area contributed by atoms with Crippen molar-refractivity contribution in [2.45, 2.75) is 13.0 Å². The minimum Gasteiger partial charge on any atom is -0.370 e. The van der Waals surface area contributed by atoms with Gasteiger partial charge in [0.25, 0.3) is 5.91 Å². The molecule has 1 aromatic carbocycles. The maximum Gasteiger partial charge on any atom is 0.272 e. The summed E-state index contributed by atoms with van der Waals surface area (Å²) in [5.41, 5.74) is 9.96. The number of hydrogen-bond acceptors (Lipinski definition) is 4. The van der Waals surface area contributed by atoms with Crippen LogP contribution in [0.3, 0.4) is 0 Å². The van der Waals surface area contributed by atoms with Crippen molar-refractivity contribution in [1.29, 1.82) is 0 Å². The Hall–Kier alpha value is -3.48. The molecule has 126 valence electrons. The second-order valence-corrected chi connectivity index (χ2v) is 5.45. The molecule has 0 bridgehead atoms. The van der Waals surface area contributed by atoms with Crippen molar-refractivity contribution in [3.05, 3.63) is 66.1 Å². The van der Waals surface area contributed by atoms with E-state index in [1.54, 1.807) is 24.5 Å². The van der Waals surface area contributed by atoms with Crippen LogP contribution >= 0.6 is 0 Å². The molecule has 2 amide bonds. The lowest BCUT2D eigenvalue weighted by molar-refractivity contribution is -0.118. The topological polar surface area (TPSA) is 102 Å². The van der Waals surface area contributed by atoms with Gasteiger partial charge in [0.1, 0.15) is 0 Å². The van der Waals surface area contributed by atoms with E-state index in [4.69, 9.17) is 5.73 Å². The van der Waals surface area contributed by atoms with Crippen LogP contribution in [0.1, 0.15) is 22.3 Å². The Labute approximate surface area is 144 Å². The number of primary amides is 1. The zero-order chi connectivity index (χ0) is 17.6. The summed E-state index contributed by atoms with van der Waals surface area (Å²) in [6.45, 7) is 0.492. The number of para-hydroxylation sites is 1. The van der Waals surface area contributed by atoms with E-state index in [1.165, 1.54) is 6.20 Å². The molecule has 0 radical (unpaired) electrons. The number of nitrogens with one attached hydrogen (secondary N) is 1. The van der Waals surface area contributed by atoms with Crippen LogP contribution in [-0.2, 0) is 11.3 Å². The molecule has 7 heteroatoms. The van der Waals surface area contributed by atoms with Gasteiger partial charge in [-0.1, -0.05) is 18.2 Å². The predicted molar refractivity (Wildman–Crippen MR) is 95.0 cm³/mol. The summed E-state index contributed by atoms with van der Waals surface area (Å²) in [6.07, 6.45) is 6.79. The maximum atomic E-state index is 12.0. The summed E-state index contributed by atoms with van der Waals surface area (Å²) in [4.78, 5) is 26.9. The molecule has 3 rings (SSSR count). The first-order chi connectivity index (χ1) is 12.1. The molecule has 3 N–H and O–H groups in total. The molecule has 0 fully saturated rings. The molecule has 7 nitrogen and oxygen atoms in total. The Morgan fingerprint density at radius 3 is 2.84 bits per heavy atom. The van der Waals surface area contributed by atoms with Crippen molar-refractivity contribution >= 4 is 28.9 Å². The summed E-state index contributed by atoms with van der Waals surface area (Å²) >= 11 is 0. The first kappa shape index (κ1) is 16.4. The van der Waals surface area contributed by atoms with E-state index >= 15 is 0 Å². The zero-order valence-electron chi connectivity index (χ0n) is 13.4. The highest BCUT2D eigenvalue weighted by Gasteiger charge is 2.08. The second kappa shape index (κ2) is 7.39. The number of rotatable bonds is 6. The average molecular weight is 335 g/mol. The lowest BCUT2D eigenvalue weighted by atomic mass is 10.2. The average Bonchev–Trinajstić information content (AvgIpc) is 2.99. The van der Waals surface area contributed by atoms with Crippen LogP contribution in [0.4, 0.5) is 0 Å². The van der Waals surface area contributed by atoms with Crippen molar-refractivity contribution in [3.63, 3.8) is 0 Å². The fraction of sp³-hybridized carbons (Fsp3) is 0.111. The number of fused-ring (bicyclic) bond motifs is 1. The van der Waals surface area contributed by atoms with Gasteiger partial charge in [-0.15, -0.1) is 0 Å². The molecule has 0 saturated heterocycles. The van der Waals surface area contributed by atoms with E-state index < -0.39 is 0 Å². The molecular weight excluding hydrogens is 318 g/mol. The SMILES string of the molecule is NC(=O)CCn1cc(C=NNC(=O)c2cccnc2)c2ccccc21. The van der Waals surface area contributed by atoms with Crippen LogP contribution in [0, 0.1) is 0 Å². The second-order valence-electron chi connectivity index (χ2n) is 5.45. The summed E-state index contributed by atoms with van der Waals surface area (Å²) < 4.78 is 1.95. The van der Waals surface area contributed by atoms with Crippen molar-refractivity contribution < 1.29 is 9.59 Å². The summed E-state index contributed by atoms with van der Waals surface area (Å²) in [5.74, 6) is -0.682. The molecule has 0 atom stereocenters. The molecular formula is C18H17N5O2. The number of amides is 2. The number of nitrogens with two attached hydrogens (primary N) is 1. The van der Waals surface area contributed by atoms with Crippen LogP contribution in [0.15, 0.2) is 60.1 Å². The van der Waals surface area contributed by atoms with Crippen LogP contribution in [0.25, 0.3) is 10.9 Å². The molecule has 0 spiro atoms. The minimum atomic E-state index is -0.350. The third-order valence-electron chi connectivity index (χ3n) is 3.71. The number of aromatic nitrogens is 2. The largest absolute Gasteiger partial charge is 0.370 e. The Balaban J connectivity index is 1.79. The van der Waals surface area contributed by atoms with Gasteiger partial charge in [-0.05, 0) is 18.2 Å². The van der Waals surface area contributed by atoms with Gasteiger partial charge in [-0.3, -0.25) is 14.6 Å². The molecule has 3 aromatic rings. The third kappa shape index (κ3) is 3.89. The van der Waals surface area contributed by atoms with E-state index in [0.717, 1.165) is 16.5 Å². The molecule has 0 unspecified atom stereocenters. The smallest absolute Gasteiger partial charge is 0.272 e. The highest BCUT2D eigenvalue weighted by atomic mass is 16.2. The minimum absolute atomic E-state index is 0.257. The normalized spacial score (nSPS) is 11.0. The number of hydrazone groups is 1. The number of benzene rings is 1. The summed E-state index contributed by atoms with van der Waals surface area (Å²) in [7, 11) is 0. The van der Waals surface area contributed by atoms with Gasteiger partial charge in [-0.25, -0.2) is 5.43 Å². The highest BCUT2D eigenvalue weighted by molar-refractivity contribution is 6.00. The first-order valence-electron chi connectivity index (χ1n) is 7.75. The molecule has 0 aliphatic heterocycles. The fourth-order valence-electron chi connectivity index (χ4n) is 2.52. The Bertz CT molecular complexity index is 931. The summed E-state index contributed by atoms with van der Waals surface area (Å²) in [5, 5.41) is 5.00. The highest BCUT2D eigenvalue weighted by Crippen LogP contribution is 2.20. The van der Waals surface area contributed by atoms with Crippen LogP contribution in [0.2, 0.25) is 0 Å². The standard InChI is InChI=1S/C18H17N5O2/c19-17(24)7-9-23-12-14(15-5-1-2-6-16(15)23)11-21-22-18(25)13-4-3-8-20-10-13/h1-6,8,10-12H,7,9H2,(H2,19,24)(H,22,25). The molecule has 0 aliphatic rings. The van der Waals surface area contributed by atoms with E-state index in [2.05, 4.69) is 15.5 Å². The van der Waals surface area contributed by atoms with E-state index in [9.17, 15) is 9.59 Å². The van der Waals surface area contributed by atoms with Crippen LogP contribution < -0.4 is 11.2 Å². The zero-order valence-corrected chi connectivity index (χ0v) is 13.4. The predicted octanol–water partition coefficient (Wildman–Crippen LogP) is 1.68. The van der Waals surface area contributed by atoms with Gasteiger partial charge < -0.3 is 10.3 Å². The Morgan fingerprint density at radius 1 is 1.24 bits per heavy atom. The quantitative estimate of drug-likeness (QED) is 0.529. The molecule has 2 aromatic heterocycles. The van der Waals surface area contributed by atoms with Crippen molar-refractivity contribution in [2.75, 3.05) is 0 Å². The number of carbonyl (C=O) groups is 2. The van der Waals surface area contributed by atoms with Gasteiger partial charge in [0, 0.05) is 48.0 Å². The lowest BCUT2D eigenvalue weighted by Gasteiger charge is -2.02. The number of nitrogens with zero attached hydrogens (tertiary/aromatic N) is 3. The summed E-state index contributed by atoms with van der Waals surface area (Å²) in [6, 6.07) is 11.1.